The Bertz CT molecular complexity index is 1260. The lowest BCUT2D eigenvalue weighted by Gasteiger charge is -2.43. The summed E-state index contributed by atoms with van der Waals surface area (Å²) < 4.78 is 18.0. The van der Waals surface area contributed by atoms with Crippen LogP contribution in [0.3, 0.4) is 0 Å². The molecule has 5 rings (SSSR count). The highest BCUT2D eigenvalue weighted by molar-refractivity contribution is 14.1. The molecule has 0 bridgehead atoms. The second-order valence-corrected chi connectivity index (χ2v) is 9.82. The van der Waals surface area contributed by atoms with Crippen molar-refractivity contribution >= 4 is 45.2 Å². The first-order chi connectivity index (χ1) is 15.9. The van der Waals surface area contributed by atoms with Crippen LogP contribution in [0.25, 0.3) is 10.8 Å². The molecular weight excluding hydrogens is 533 g/mol. The Morgan fingerprint density at radius 2 is 1.76 bits per heavy atom. The van der Waals surface area contributed by atoms with E-state index >= 15 is 0 Å². The first-order valence-electron chi connectivity index (χ1n) is 10.9. The summed E-state index contributed by atoms with van der Waals surface area (Å²) >= 11 is 2.20. The lowest BCUT2D eigenvalue weighted by atomic mass is 9.81. The van der Waals surface area contributed by atoms with Gasteiger partial charge in [-0.25, -0.2) is 4.79 Å². The molecule has 0 N–H and O–H groups in total. The maximum Gasteiger partial charge on any atom is 0.339 e. The molecule has 1 saturated heterocycles. The highest BCUT2D eigenvalue weighted by atomic mass is 127. The summed E-state index contributed by atoms with van der Waals surface area (Å²) in [5.74, 6) is 1.00. The zero-order chi connectivity index (χ0) is 23.2. The first kappa shape index (κ1) is 22.0. The van der Waals surface area contributed by atoms with Gasteiger partial charge in [0.15, 0.2) is 0 Å². The summed E-state index contributed by atoms with van der Waals surface area (Å²) in [6, 6.07) is 15.3. The number of likely N-dealkylation sites (tertiary alicyclic amines) is 1. The van der Waals surface area contributed by atoms with Crippen LogP contribution in [0.4, 0.5) is 0 Å². The first-order valence-corrected chi connectivity index (χ1v) is 12.0. The van der Waals surface area contributed by atoms with Gasteiger partial charge in [-0.05, 0) is 58.5 Å². The van der Waals surface area contributed by atoms with E-state index in [0.29, 0.717) is 55.0 Å². The topological polar surface area (TPSA) is 65.1 Å². The summed E-state index contributed by atoms with van der Waals surface area (Å²) in [5, 5.41) is 1.73. The van der Waals surface area contributed by atoms with Crippen LogP contribution in [0, 0.1) is 3.57 Å². The van der Waals surface area contributed by atoms with Crippen molar-refractivity contribution in [1.82, 2.24) is 4.90 Å². The van der Waals surface area contributed by atoms with Gasteiger partial charge in [0, 0.05) is 52.3 Å². The van der Waals surface area contributed by atoms with Gasteiger partial charge in [-0.15, -0.1) is 0 Å². The molecule has 0 atom stereocenters. The maximum atomic E-state index is 13.4. The normalized spacial score (nSPS) is 16.9. The summed E-state index contributed by atoms with van der Waals surface area (Å²) in [4.78, 5) is 27.9. The summed E-state index contributed by atoms with van der Waals surface area (Å²) in [6.07, 6.45) is 1.92. The molecule has 2 heterocycles. The number of rotatable bonds is 3. The third-order valence-electron chi connectivity index (χ3n) is 6.68. The van der Waals surface area contributed by atoms with Crippen LogP contribution in [-0.4, -0.2) is 49.7 Å². The summed E-state index contributed by atoms with van der Waals surface area (Å²) in [5.41, 5.74) is 1.69. The largest absolute Gasteiger partial charge is 0.496 e. The van der Waals surface area contributed by atoms with Crippen LogP contribution in [0.1, 0.15) is 39.1 Å². The Morgan fingerprint density at radius 1 is 1.00 bits per heavy atom. The van der Waals surface area contributed by atoms with Crippen LogP contribution >= 0.6 is 22.6 Å². The number of methoxy groups -OCH3 is 2. The van der Waals surface area contributed by atoms with Crippen molar-refractivity contribution < 1.29 is 23.8 Å². The lowest BCUT2D eigenvalue weighted by Crippen LogP contribution is -2.51. The molecular formula is C26H24INO5. The smallest absolute Gasteiger partial charge is 0.339 e. The van der Waals surface area contributed by atoms with Gasteiger partial charge in [-0.1, -0.05) is 18.2 Å². The number of hydrogen-bond acceptors (Lipinski definition) is 5. The second-order valence-electron chi connectivity index (χ2n) is 8.58. The Kier molecular flexibility index (Phi) is 5.68. The molecule has 33 heavy (non-hydrogen) atoms. The number of fused-ring (bicyclic) bond motifs is 2. The van der Waals surface area contributed by atoms with Gasteiger partial charge in [-0.2, -0.15) is 0 Å². The Hall–Kier alpha value is -2.81. The van der Waals surface area contributed by atoms with Crippen molar-refractivity contribution in [2.75, 3.05) is 27.3 Å². The monoisotopic (exact) mass is 557 g/mol. The lowest BCUT2D eigenvalue weighted by molar-refractivity contribution is -0.0526. The van der Waals surface area contributed by atoms with Gasteiger partial charge in [0.05, 0.1) is 19.8 Å². The predicted molar refractivity (Wildman–Crippen MR) is 133 cm³/mol. The van der Waals surface area contributed by atoms with Crippen molar-refractivity contribution in [2.24, 2.45) is 0 Å². The highest BCUT2D eigenvalue weighted by Gasteiger charge is 2.43. The van der Waals surface area contributed by atoms with Crippen LogP contribution in [0.15, 0.2) is 48.5 Å². The number of piperidine rings is 1. The fraction of sp³-hybridized carbons (Fsp3) is 0.308. The Balaban J connectivity index is 1.38. The Morgan fingerprint density at radius 3 is 2.48 bits per heavy atom. The standard InChI is InChI=1S/C26H24INO5/c1-31-22-5-3-4-19-21(22)12-17(13-23(19)32-2)24(29)28-10-8-26(9-11-28)15-16-6-7-18(27)14-20(16)25(30)33-26/h3-7,12-14H,8-11,15H2,1-2H3. The summed E-state index contributed by atoms with van der Waals surface area (Å²) in [6.45, 7) is 1.05. The molecule has 3 aromatic carbocycles. The molecule has 170 valence electrons. The molecule has 0 saturated carbocycles. The third-order valence-corrected chi connectivity index (χ3v) is 7.35. The van der Waals surface area contributed by atoms with Gasteiger partial charge in [0.25, 0.3) is 5.91 Å². The molecule has 2 aliphatic heterocycles. The molecule has 3 aromatic rings. The van der Waals surface area contributed by atoms with Gasteiger partial charge in [0.1, 0.15) is 17.1 Å². The minimum Gasteiger partial charge on any atom is -0.496 e. The molecule has 7 heteroatoms. The van der Waals surface area contributed by atoms with Gasteiger partial charge in [-0.3, -0.25) is 4.79 Å². The third kappa shape index (κ3) is 3.92. The molecule has 1 amide bonds. The van der Waals surface area contributed by atoms with Crippen molar-refractivity contribution in [3.8, 4) is 11.5 Å². The maximum absolute atomic E-state index is 13.4. The van der Waals surface area contributed by atoms with Gasteiger partial charge < -0.3 is 19.1 Å². The van der Waals surface area contributed by atoms with E-state index < -0.39 is 5.60 Å². The number of carbonyl (C=O) groups excluding carboxylic acids is 2. The van der Waals surface area contributed by atoms with E-state index in [1.54, 1.807) is 20.3 Å². The SMILES string of the molecule is COc1cc(C(=O)N2CCC3(CC2)Cc2ccc(I)cc2C(=O)O3)cc2c(OC)cccc12. The van der Waals surface area contributed by atoms with Gasteiger partial charge >= 0.3 is 5.97 Å². The minimum atomic E-state index is -0.544. The number of benzene rings is 3. The molecule has 6 nitrogen and oxygen atoms in total. The zero-order valence-electron chi connectivity index (χ0n) is 18.5. The van der Waals surface area contributed by atoms with Crippen LogP contribution < -0.4 is 9.47 Å². The molecule has 0 unspecified atom stereocenters. The molecule has 0 radical (unpaired) electrons. The van der Waals surface area contributed by atoms with Crippen molar-refractivity contribution in [3.63, 3.8) is 0 Å². The van der Waals surface area contributed by atoms with E-state index in [0.717, 1.165) is 19.9 Å². The highest BCUT2D eigenvalue weighted by Crippen LogP contribution is 2.38. The van der Waals surface area contributed by atoms with Crippen LogP contribution in [0.5, 0.6) is 11.5 Å². The number of hydrogen-bond donors (Lipinski definition) is 0. The zero-order valence-corrected chi connectivity index (χ0v) is 20.7. The van der Waals surface area contributed by atoms with E-state index in [9.17, 15) is 9.59 Å². The van der Waals surface area contributed by atoms with E-state index in [4.69, 9.17) is 14.2 Å². The number of halogens is 1. The Labute approximate surface area is 205 Å². The number of amides is 1. The summed E-state index contributed by atoms with van der Waals surface area (Å²) in [7, 11) is 3.22. The number of carbonyl (C=O) groups is 2. The van der Waals surface area contributed by atoms with Crippen LogP contribution in [0.2, 0.25) is 0 Å². The molecule has 2 aliphatic rings. The van der Waals surface area contributed by atoms with E-state index in [1.165, 1.54) is 0 Å². The molecule has 1 spiro atoms. The molecule has 0 aromatic heterocycles. The second kappa shape index (κ2) is 8.52. The number of esters is 1. The quantitative estimate of drug-likeness (QED) is 0.341. The van der Waals surface area contributed by atoms with Gasteiger partial charge in [0.2, 0.25) is 0 Å². The average Bonchev–Trinajstić information content (AvgIpc) is 2.83. The van der Waals surface area contributed by atoms with Crippen molar-refractivity contribution in [1.29, 1.82) is 0 Å². The average molecular weight is 557 g/mol. The minimum absolute atomic E-state index is 0.0620. The van der Waals surface area contributed by atoms with E-state index in [-0.39, 0.29) is 11.9 Å². The fourth-order valence-electron chi connectivity index (χ4n) is 4.90. The molecule has 1 fully saturated rings. The van der Waals surface area contributed by atoms with Crippen LogP contribution in [-0.2, 0) is 11.2 Å². The van der Waals surface area contributed by atoms with Crippen molar-refractivity contribution in [3.05, 3.63) is 68.8 Å². The van der Waals surface area contributed by atoms with E-state index in [2.05, 4.69) is 22.6 Å². The van der Waals surface area contributed by atoms with E-state index in [1.807, 2.05) is 47.4 Å². The van der Waals surface area contributed by atoms with Crippen molar-refractivity contribution in [2.45, 2.75) is 24.9 Å². The molecule has 0 aliphatic carbocycles. The number of nitrogens with zero attached hydrogens (tertiary/aromatic N) is 1. The fourth-order valence-corrected chi connectivity index (χ4v) is 5.39. The predicted octanol–water partition coefficient (Wildman–Crippen LogP) is 4.85. The number of ether oxygens (including phenoxy) is 3.